The molecule has 0 heterocycles. The van der Waals surface area contributed by atoms with Crippen LogP contribution in [0.25, 0.3) is 0 Å². The number of carbonyl (C=O) groups excluding carboxylic acids is 1. The maximum atomic E-state index is 11.0. The van der Waals surface area contributed by atoms with Crippen molar-refractivity contribution in [3.8, 4) is 0 Å². The van der Waals surface area contributed by atoms with Gasteiger partial charge < -0.3 is 4.74 Å². The Labute approximate surface area is 75.3 Å². The minimum absolute atomic E-state index is 0.00109. The average molecular weight is 172 g/mol. The van der Waals surface area contributed by atoms with Crippen LogP contribution >= 0.6 is 0 Å². The van der Waals surface area contributed by atoms with Crippen molar-refractivity contribution in [2.45, 2.75) is 40.5 Å². The number of hydrogen-bond acceptors (Lipinski definition) is 2. The van der Waals surface area contributed by atoms with Crippen molar-refractivity contribution in [2.24, 2.45) is 11.8 Å². The van der Waals surface area contributed by atoms with Crippen molar-refractivity contribution in [1.82, 2.24) is 0 Å². The van der Waals surface area contributed by atoms with Crippen LogP contribution in [-0.4, -0.2) is 12.6 Å². The molecule has 0 spiro atoms. The normalized spacial score (nSPS) is 13.1. The van der Waals surface area contributed by atoms with E-state index >= 15 is 0 Å². The zero-order valence-electron chi connectivity index (χ0n) is 8.59. The molecule has 0 aliphatic rings. The molecule has 0 rings (SSSR count). The Balaban J connectivity index is 3.47. The molecule has 0 fully saturated rings. The Morgan fingerprint density at radius 1 is 1.33 bits per heavy atom. The van der Waals surface area contributed by atoms with Gasteiger partial charge in [0.05, 0.1) is 12.5 Å². The maximum absolute atomic E-state index is 11.0. The van der Waals surface area contributed by atoms with Gasteiger partial charge in [-0.1, -0.05) is 34.1 Å². The summed E-state index contributed by atoms with van der Waals surface area (Å²) in [5.41, 5.74) is 0. The second kappa shape index (κ2) is 6.04. The molecule has 72 valence electrons. The summed E-state index contributed by atoms with van der Waals surface area (Å²) in [5.74, 6) is 0.412. The second-order valence-electron chi connectivity index (χ2n) is 3.68. The van der Waals surface area contributed by atoms with Gasteiger partial charge >= 0.3 is 5.97 Å². The number of hydrogen-bond donors (Lipinski definition) is 0. The zero-order chi connectivity index (χ0) is 9.56. The Morgan fingerprint density at radius 3 is 2.33 bits per heavy atom. The predicted octanol–water partition coefficient (Wildman–Crippen LogP) is 2.62. The van der Waals surface area contributed by atoms with Crippen molar-refractivity contribution in [3.63, 3.8) is 0 Å². The maximum Gasteiger partial charge on any atom is 0.308 e. The summed E-state index contributed by atoms with van der Waals surface area (Å²) in [4.78, 5) is 11.0. The van der Waals surface area contributed by atoms with Crippen molar-refractivity contribution >= 4 is 5.97 Å². The van der Waals surface area contributed by atoms with Gasteiger partial charge in [0.2, 0.25) is 0 Å². The smallest absolute Gasteiger partial charge is 0.308 e. The van der Waals surface area contributed by atoms with E-state index in [1.807, 2.05) is 13.8 Å². The molecular weight excluding hydrogens is 152 g/mol. The minimum Gasteiger partial charge on any atom is -0.465 e. The van der Waals surface area contributed by atoms with E-state index in [2.05, 4.69) is 13.8 Å². The SMILES string of the molecule is CCCC(C)COC(=O)C(C)C. The Hall–Kier alpha value is -0.530. The largest absolute Gasteiger partial charge is 0.465 e. The molecule has 2 heteroatoms. The number of ether oxygens (including phenoxy) is 1. The van der Waals surface area contributed by atoms with Crippen molar-refractivity contribution < 1.29 is 9.53 Å². The topological polar surface area (TPSA) is 26.3 Å². The second-order valence-corrected chi connectivity index (χ2v) is 3.68. The molecule has 0 aromatic rings. The lowest BCUT2D eigenvalue weighted by Gasteiger charge is -2.11. The van der Waals surface area contributed by atoms with Crippen LogP contribution in [-0.2, 0) is 9.53 Å². The van der Waals surface area contributed by atoms with Crippen molar-refractivity contribution in [1.29, 1.82) is 0 Å². The van der Waals surface area contributed by atoms with E-state index in [-0.39, 0.29) is 11.9 Å². The molecule has 0 saturated carbocycles. The van der Waals surface area contributed by atoms with E-state index < -0.39 is 0 Å². The van der Waals surface area contributed by atoms with E-state index in [9.17, 15) is 4.79 Å². The monoisotopic (exact) mass is 172 g/mol. The van der Waals surface area contributed by atoms with Crippen LogP contribution in [0, 0.1) is 11.8 Å². The Bertz CT molecular complexity index is 130. The summed E-state index contributed by atoms with van der Waals surface area (Å²) in [6.07, 6.45) is 2.28. The van der Waals surface area contributed by atoms with Crippen LogP contribution in [0.2, 0.25) is 0 Å². The molecule has 0 aliphatic heterocycles. The van der Waals surface area contributed by atoms with Gasteiger partial charge in [-0.15, -0.1) is 0 Å². The fraction of sp³-hybridized carbons (Fsp3) is 0.900. The molecule has 0 amide bonds. The average Bonchev–Trinajstić information content (AvgIpc) is 2.00. The third kappa shape index (κ3) is 5.16. The van der Waals surface area contributed by atoms with E-state index in [0.717, 1.165) is 12.8 Å². The fourth-order valence-electron chi connectivity index (χ4n) is 0.967. The Morgan fingerprint density at radius 2 is 1.92 bits per heavy atom. The van der Waals surface area contributed by atoms with Gasteiger partial charge in [0.1, 0.15) is 0 Å². The summed E-state index contributed by atoms with van der Waals surface area (Å²) in [7, 11) is 0. The minimum atomic E-state index is -0.0852. The van der Waals surface area contributed by atoms with Gasteiger partial charge in [-0.2, -0.15) is 0 Å². The molecular formula is C10H20O2. The molecule has 0 radical (unpaired) electrons. The lowest BCUT2D eigenvalue weighted by Crippen LogP contribution is -2.16. The summed E-state index contributed by atoms with van der Waals surface area (Å²) < 4.78 is 5.08. The van der Waals surface area contributed by atoms with E-state index in [1.54, 1.807) is 0 Å². The van der Waals surface area contributed by atoms with Crippen LogP contribution in [0.5, 0.6) is 0 Å². The van der Waals surface area contributed by atoms with Gasteiger partial charge in [-0.3, -0.25) is 4.79 Å². The highest BCUT2D eigenvalue weighted by atomic mass is 16.5. The lowest BCUT2D eigenvalue weighted by atomic mass is 10.1. The molecule has 1 atom stereocenters. The van der Waals surface area contributed by atoms with Crippen LogP contribution in [0.15, 0.2) is 0 Å². The van der Waals surface area contributed by atoms with Gasteiger partial charge in [-0.25, -0.2) is 0 Å². The van der Waals surface area contributed by atoms with E-state index in [1.165, 1.54) is 0 Å². The first kappa shape index (κ1) is 11.5. The van der Waals surface area contributed by atoms with Gasteiger partial charge in [0, 0.05) is 0 Å². The first-order valence-electron chi connectivity index (χ1n) is 4.74. The lowest BCUT2D eigenvalue weighted by molar-refractivity contribution is -0.148. The molecule has 0 saturated heterocycles. The van der Waals surface area contributed by atoms with Crippen molar-refractivity contribution in [2.75, 3.05) is 6.61 Å². The van der Waals surface area contributed by atoms with Gasteiger partial charge in [-0.05, 0) is 12.3 Å². The van der Waals surface area contributed by atoms with Crippen LogP contribution in [0.3, 0.4) is 0 Å². The Kier molecular flexibility index (Phi) is 5.77. The summed E-state index contributed by atoms with van der Waals surface area (Å²) in [6, 6.07) is 0. The standard InChI is InChI=1S/C10H20O2/c1-5-6-9(4)7-12-10(11)8(2)3/h8-9H,5-7H2,1-4H3. The van der Waals surface area contributed by atoms with Crippen molar-refractivity contribution in [3.05, 3.63) is 0 Å². The molecule has 0 aromatic carbocycles. The first-order valence-corrected chi connectivity index (χ1v) is 4.74. The zero-order valence-corrected chi connectivity index (χ0v) is 8.59. The highest BCUT2D eigenvalue weighted by Crippen LogP contribution is 2.06. The van der Waals surface area contributed by atoms with E-state index in [4.69, 9.17) is 4.74 Å². The molecule has 0 bridgehead atoms. The summed E-state index contributed by atoms with van der Waals surface area (Å²) in [5, 5.41) is 0. The highest BCUT2D eigenvalue weighted by Gasteiger charge is 2.09. The molecule has 2 nitrogen and oxygen atoms in total. The molecule has 12 heavy (non-hydrogen) atoms. The predicted molar refractivity (Wildman–Crippen MR) is 49.9 cm³/mol. The van der Waals surface area contributed by atoms with Crippen LogP contribution in [0.4, 0.5) is 0 Å². The molecule has 0 aliphatic carbocycles. The number of rotatable bonds is 5. The molecule has 0 aromatic heterocycles. The molecule has 1 unspecified atom stereocenters. The van der Waals surface area contributed by atoms with Crippen LogP contribution in [0.1, 0.15) is 40.5 Å². The first-order chi connectivity index (χ1) is 5.57. The van der Waals surface area contributed by atoms with Gasteiger partial charge in [0.15, 0.2) is 0 Å². The van der Waals surface area contributed by atoms with Crippen LogP contribution < -0.4 is 0 Å². The van der Waals surface area contributed by atoms with Gasteiger partial charge in [0.25, 0.3) is 0 Å². The van der Waals surface area contributed by atoms with E-state index in [0.29, 0.717) is 12.5 Å². The molecule has 0 N–H and O–H groups in total. The fourth-order valence-corrected chi connectivity index (χ4v) is 0.967. The summed E-state index contributed by atoms with van der Waals surface area (Å²) in [6.45, 7) is 8.53. The number of esters is 1. The third-order valence-corrected chi connectivity index (χ3v) is 1.76. The third-order valence-electron chi connectivity index (χ3n) is 1.76. The summed E-state index contributed by atoms with van der Waals surface area (Å²) >= 11 is 0. The highest BCUT2D eigenvalue weighted by molar-refractivity contribution is 5.71. The number of carbonyl (C=O) groups is 1. The quantitative estimate of drug-likeness (QED) is 0.596.